The van der Waals surface area contributed by atoms with Crippen LogP contribution in [0.4, 0.5) is 5.69 Å². The summed E-state index contributed by atoms with van der Waals surface area (Å²) < 4.78 is 17.6. The topological polar surface area (TPSA) is 42.3 Å². The molecule has 0 saturated carbocycles. The van der Waals surface area contributed by atoms with Crippen LogP contribution in [-0.2, 0) is 42.1 Å². The molecular formula is C41H28N4O2Pt2+2. The number of hydrogen-bond acceptors (Lipinski definition) is 3. The fraction of sp³-hybridized carbons (Fsp3) is 0.0732. The minimum Gasteiger partial charge on any atom is -0.669 e. The zero-order valence-corrected chi connectivity index (χ0v) is 31.3. The maximum atomic E-state index is 6.57. The van der Waals surface area contributed by atoms with E-state index in [0.717, 1.165) is 39.5 Å². The van der Waals surface area contributed by atoms with Gasteiger partial charge in [-0.05, 0) is 12.1 Å². The fourth-order valence-corrected chi connectivity index (χ4v) is 4.66. The summed E-state index contributed by atoms with van der Waals surface area (Å²) in [6.45, 7) is 4.13. The molecular weight excluding hydrogens is 971 g/mol. The third-order valence-electron chi connectivity index (χ3n) is 7.27. The van der Waals surface area contributed by atoms with Crippen molar-refractivity contribution in [3.8, 4) is 51.4 Å². The van der Waals surface area contributed by atoms with Gasteiger partial charge in [0.25, 0.3) is 11.4 Å². The van der Waals surface area contributed by atoms with Crippen molar-refractivity contribution < 1.29 is 60.8 Å². The van der Waals surface area contributed by atoms with E-state index in [2.05, 4.69) is 61.2 Å². The summed E-state index contributed by atoms with van der Waals surface area (Å²) in [6, 6.07) is 52.2. The van der Waals surface area contributed by atoms with Gasteiger partial charge in [-0.1, -0.05) is 39.2 Å². The van der Waals surface area contributed by atoms with Crippen molar-refractivity contribution in [1.82, 2.24) is 9.55 Å². The molecule has 1 aliphatic rings. The van der Waals surface area contributed by atoms with Crippen molar-refractivity contribution in [2.75, 3.05) is 7.05 Å². The molecule has 49 heavy (non-hydrogen) atoms. The molecule has 8 heteroatoms. The molecule has 0 radical (unpaired) electrons. The first kappa shape index (κ1) is 36.8. The molecule has 7 rings (SSSR count). The summed E-state index contributed by atoms with van der Waals surface area (Å²) in [5.41, 5.74) is 6.32. The molecule has 0 N–H and O–H groups in total. The van der Waals surface area contributed by atoms with E-state index in [-0.39, 0.29) is 42.1 Å². The Balaban J connectivity index is 0.000000537. The standard InChI is InChI=1S/C35H24N3O2.C6H4N.2Pt/c1-25-26(2)38(24-37(25)3)30-12-9-17-34(23-30)40-33-16-8-11-29(21-33)35-22-28(18-19-36-35)27-10-7-15-32(20-27)39-31-13-5-4-6-14-31;1-2-7-5-3-4-6-7;;/h4-13,15-17,19,22H,1-3H3;3-6H;;/q-3;-1;+2;+4. The van der Waals surface area contributed by atoms with Gasteiger partial charge in [-0.15, -0.1) is 48.0 Å². The Morgan fingerprint density at radius 3 is 2.00 bits per heavy atom. The molecule has 0 bridgehead atoms. The van der Waals surface area contributed by atoms with Crippen LogP contribution >= 0.6 is 0 Å². The number of nitrogens with zero attached hydrogens (tertiary/aromatic N) is 4. The second-order valence-electron chi connectivity index (χ2n) is 10.4. The van der Waals surface area contributed by atoms with Crippen molar-refractivity contribution in [3.05, 3.63) is 164 Å². The van der Waals surface area contributed by atoms with E-state index in [1.165, 1.54) is 0 Å². The largest absolute Gasteiger partial charge is 4.00 e. The molecule has 2 aromatic heterocycles. The molecule has 0 unspecified atom stereocenters. The third-order valence-corrected chi connectivity index (χ3v) is 7.27. The van der Waals surface area contributed by atoms with E-state index >= 15 is 0 Å². The SMILES string of the molecule is CC1=C(C)[N+](c2[c-]c(Oc3[c-]c(-c4cc(-c5[c-]c(Oc6[c-]cccc6)ccc5)[c-]cn4)ccc3)ccc2)=C=[N+]1C.[C-]#Cn1cccc1.[Pt+2].[Pt+4]. The molecule has 0 amide bonds. The van der Waals surface area contributed by atoms with Gasteiger partial charge in [0.05, 0.1) is 0 Å². The summed E-state index contributed by atoms with van der Waals surface area (Å²) in [4.78, 5) is 4.54. The normalized spacial score (nSPS) is 11.5. The Morgan fingerprint density at radius 2 is 1.37 bits per heavy atom. The number of hydrogen-bond donors (Lipinski definition) is 0. The molecule has 3 heterocycles. The Bertz CT molecular complexity index is 2180. The smallest absolute Gasteiger partial charge is 0.669 e. The van der Waals surface area contributed by atoms with Gasteiger partial charge in [0.1, 0.15) is 5.69 Å². The molecule has 6 aromatic rings. The maximum Gasteiger partial charge on any atom is 4.00 e. The van der Waals surface area contributed by atoms with Crippen LogP contribution in [0.25, 0.3) is 22.4 Å². The van der Waals surface area contributed by atoms with E-state index in [1.807, 2.05) is 113 Å². The van der Waals surface area contributed by atoms with Crippen LogP contribution in [0, 0.1) is 42.8 Å². The van der Waals surface area contributed by atoms with E-state index in [1.54, 1.807) is 23.2 Å². The van der Waals surface area contributed by atoms with Gasteiger partial charge >= 0.3 is 48.1 Å². The van der Waals surface area contributed by atoms with Crippen molar-refractivity contribution in [2.24, 2.45) is 0 Å². The zero-order valence-electron chi connectivity index (χ0n) is 26.7. The molecule has 0 aliphatic carbocycles. The van der Waals surface area contributed by atoms with Gasteiger partial charge in [0.2, 0.25) is 0 Å². The number of benzene rings is 4. The summed E-state index contributed by atoms with van der Waals surface area (Å²) in [6.07, 6.45) is 11.7. The van der Waals surface area contributed by atoms with Crippen molar-refractivity contribution in [3.63, 3.8) is 0 Å². The molecule has 0 saturated heterocycles. The maximum absolute atomic E-state index is 6.57. The van der Waals surface area contributed by atoms with Gasteiger partial charge in [0.15, 0.2) is 7.05 Å². The third kappa shape index (κ3) is 9.32. The Kier molecular flexibility index (Phi) is 13.1. The van der Waals surface area contributed by atoms with E-state index in [9.17, 15) is 0 Å². The Morgan fingerprint density at radius 1 is 0.735 bits per heavy atom. The van der Waals surface area contributed by atoms with Crippen LogP contribution in [0.3, 0.4) is 0 Å². The monoisotopic (exact) mass is 998 g/mol. The molecule has 4 aromatic carbocycles. The first-order chi connectivity index (χ1) is 23.0. The van der Waals surface area contributed by atoms with Crippen molar-refractivity contribution in [1.29, 1.82) is 0 Å². The summed E-state index contributed by atoms with van der Waals surface area (Å²) in [5, 5.41) is 0. The average molecular weight is 999 g/mol. The summed E-state index contributed by atoms with van der Waals surface area (Å²) in [5.74, 6) is 2.39. The van der Waals surface area contributed by atoms with Gasteiger partial charge < -0.3 is 25.4 Å². The minimum atomic E-state index is 0. The molecule has 0 atom stereocenters. The van der Waals surface area contributed by atoms with Crippen LogP contribution in [0.2, 0.25) is 0 Å². The van der Waals surface area contributed by atoms with E-state index in [4.69, 9.17) is 15.9 Å². The summed E-state index contributed by atoms with van der Waals surface area (Å²) >= 11 is 0. The molecule has 0 spiro atoms. The van der Waals surface area contributed by atoms with E-state index < -0.39 is 0 Å². The molecule has 242 valence electrons. The second kappa shape index (κ2) is 17.4. The van der Waals surface area contributed by atoms with Crippen LogP contribution in [-0.4, -0.2) is 31.8 Å². The quantitative estimate of drug-likeness (QED) is 0.0916. The number of ether oxygens (including phenoxy) is 2. The number of para-hydroxylation sites is 1. The zero-order chi connectivity index (χ0) is 32.6. The Hall–Kier alpha value is -5.03. The minimum absolute atomic E-state index is 0. The average Bonchev–Trinajstić information content (AvgIpc) is 3.74. The number of rotatable bonds is 7. The van der Waals surface area contributed by atoms with E-state index in [0.29, 0.717) is 23.0 Å². The number of pyridine rings is 1. The molecule has 1 aliphatic heterocycles. The number of aromatic nitrogens is 2. The predicted molar refractivity (Wildman–Crippen MR) is 179 cm³/mol. The van der Waals surface area contributed by atoms with Crippen LogP contribution in [0.15, 0.2) is 127 Å². The second-order valence-corrected chi connectivity index (χ2v) is 10.4. The Labute approximate surface area is 316 Å². The fourth-order valence-electron chi connectivity index (χ4n) is 4.66. The van der Waals surface area contributed by atoms with Crippen LogP contribution < -0.4 is 9.47 Å². The molecule has 0 fully saturated rings. The first-order valence-corrected chi connectivity index (χ1v) is 14.8. The number of allylic oxidation sites excluding steroid dienone is 2. The van der Waals surface area contributed by atoms with Crippen LogP contribution in [0.5, 0.6) is 23.0 Å². The predicted octanol–water partition coefficient (Wildman–Crippen LogP) is 8.60. The van der Waals surface area contributed by atoms with Gasteiger partial charge in [-0.25, -0.2) is 24.2 Å². The van der Waals surface area contributed by atoms with Gasteiger partial charge in [-0.3, -0.25) is 11.1 Å². The summed E-state index contributed by atoms with van der Waals surface area (Å²) in [7, 11) is 1.98. The van der Waals surface area contributed by atoms with Crippen LogP contribution in [0.1, 0.15) is 13.8 Å². The first-order valence-electron chi connectivity index (χ1n) is 14.8. The van der Waals surface area contributed by atoms with Gasteiger partial charge in [0, 0.05) is 49.2 Å². The van der Waals surface area contributed by atoms with Crippen molar-refractivity contribution >= 4 is 11.7 Å². The van der Waals surface area contributed by atoms with Crippen molar-refractivity contribution in [2.45, 2.75) is 13.8 Å². The molecule has 6 nitrogen and oxygen atoms in total. The van der Waals surface area contributed by atoms with Gasteiger partial charge in [-0.2, -0.15) is 36.4 Å².